The van der Waals surface area contributed by atoms with Crippen LogP contribution in [0.2, 0.25) is 0 Å². The fourth-order valence-electron chi connectivity index (χ4n) is 2.67. The van der Waals surface area contributed by atoms with Gasteiger partial charge in [0.25, 0.3) is 0 Å². The highest BCUT2D eigenvalue weighted by Gasteiger charge is 2.19. The number of aliphatic hydroxyl groups is 1. The van der Waals surface area contributed by atoms with Crippen molar-refractivity contribution in [1.82, 2.24) is 0 Å². The first-order valence-electron chi connectivity index (χ1n) is 6.27. The summed E-state index contributed by atoms with van der Waals surface area (Å²) in [5, 5.41) is 10.0. The summed E-state index contributed by atoms with van der Waals surface area (Å²) >= 11 is 3.39. The summed E-state index contributed by atoms with van der Waals surface area (Å²) in [6, 6.07) is 4.63. The van der Waals surface area contributed by atoms with Crippen molar-refractivity contribution in [1.29, 1.82) is 0 Å². The lowest BCUT2D eigenvalue weighted by molar-refractivity contribution is 0.143. The van der Waals surface area contributed by atoms with Crippen molar-refractivity contribution in [3.63, 3.8) is 0 Å². The van der Waals surface area contributed by atoms with E-state index in [0.29, 0.717) is 12.3 Å². The molecule has 0 spiro atoms. The van der Waals surface area contributed by atoms with Crippen LogP contribution in [0.25, 0.3) is 0 Å². The van der Waals surface area contributed by atoms with E-state index < -0.39 is 0 Å². The lowest BCUT2D eigenvalue weighted by atomic mass is 9.96. The molecule has 0 amide bonds. The highest BCUT2D eigenvalue weighted by atomic mass is 79.9. The molecule has 2 rings (SSSR count). The fraction of sp³-hybridized carbons (Fsp3) is 0.571. The van der Waals surface area contributed by atoms with Crippen LogP contribution >= 0.6 is 15.9 Å². The summed E-state index contributed by atoms with van der Waals surface area (Å²) in [5.74, 6) is 0.425. The van der Waals surface area contributed by atoms with E-state index in [1.54, 1.807) is 6.07 Å². The van der Waals surface area contributed by atoms with Gasteiger partial charge in [-0.2, -0.15) is 0 Å². The molecule has 17 heavy (non-hydrogen) atoms. The lowest BCUT2D eigenvalue weighted by Crippen LogP contribution is -2.15. The van der Waals surface area contributed by atoms with Crippen LogP contribution in [0.3, 0.4) is 0 Å². The standard InChI is InChI=1S/C14H18BrFO/c15-14-6-5-12(16)8-11(14)9-13(17)7-10-3-1-2-4-10/h5-6,8,10,13,17H,1-4,7,9H2. The second-order valence-electron chi connectivity index (χ2n) is 4.98. The number of aliphatic hydroxyl groups excluding tert-OH is 1. The number of benzene rings is 1. The lowest BCUT2D eigenvalue weighted by Gasteiger charge is -2.16. The molecule has 3 heteroatoms. The topological polar surface area (TPSA) is 20.2 Å². The molecule has 0 heterocycles. The van der Waals surface area contributed by atoms with Crippen LogP contribution in [0.5, 0.6) is 0 Å². The van der Waals surface area contributed by atoms with E-state index >= 15 is 0 Å². The third kappa shape index (κ3) is 3.78. The van der Waals surface area contributed by atoms with Crippen LogP contribution in [-0.2, 0) is 6.42 Å². The molecule has 1 saturated carbocycles. The molecule has 1 fully saturated rings. The summed E-state index contributed by atoms with van der Waals surface area (Å²) < 4.78 is 14.0. The van der Waals surface area contributed by atoms with E-state index in [-0.39, 0.29) is 11.9 Å². The smallest absolute Gasteiger partial charge is 0.123 e. The zero-order valence-corrected chi connectivity index (χ0v) is 11.4. The molecular formula is C14H18BrFO. The second kappa shape index (κ2) is 5.96. The van der Waals surface area contributed by atoms with Gasteiger partial charge in [-0.15, -0.1) is 0 Å². The minimum Gasteiger partial charge on any atom is -0.393 e. The number of hydrogen-bond donors (Lipinski definition) is 1. The first kappa shape index (κ1) is 13.0. The number of halogens is 2. The van der Waals surface area contributed by atoms with Gasteiger partial charge in [0.2, 0.25) is 0 Å². The first-order valence-corrected chi connectivity index (χ1v) is 7.06. The van der Waals surface area contributed by atoms with Gasteiger partial charge in [-0.05, 0) is 42.5 Å². The van der Waals surface area contributed by atoms with Crippen LogP contribution in [0.4, 0.5) is 4.39 Å². The zero-order valence-electron chi connectivity index (χ0n) is 9.83. The SMILES string of the molecule is OC(Cc1cc(F)ccc1Br)CC1CCCC1. The average molecular weight is 301 g/mol. The summed E-state index contributed by atoms with van der Waals surface area (Å²) in [6.45, 7) is 0. The Morgan fingerprint density at radius 3 is 2.76 bits per heavy atom. The predicted molar refractivity (Wildman–Crippen MR) is 70.4 cm³/mol. The fourth-order valence-corrected chi connectivity index (χ4v) is 3.08. The first-order chi connectivity index (χ1) is 8.15. The van der Waals surface area contributed by atoms with Crippen LogP contribution in [0.15, 0.2) is 22.7 Å². The summed E-state index contributed by atoms with van der Waals surface area (Å²) in [6.07, 6.45) is 6.10. The van der Waals surface area contributed by atoms with Gasteiger partial charge >= 0.3 is 0 Å². The maximum atomic E-state index is 13.1. The van der Waals surface area contributed by atoms with E-state index in [4.69, 9.17) is 0 Å². The normalized spacial score (nSPS) is 18.5. The Morgan fingerprint density at radius 1 is 1.35 bits per heavy atom. The average Bonchev–Trinajstić information content (AvgIpc) is 2.76. The van der Waals surface area contributed by atoms with Crippen molar-refractivity contribution in [2.45, 2.75) is 44.6 Å². The summed E-state index contributed by atoms with van der Waals surface area (Å²) in [7, 11) is 0. The molecule has 1 N–H and O–H groups in total. The Kier molecular flexibility index (Phi) is 4.57. The predicted octanol–water partition coefficient (Wildman–Crippen LogP) is 4.07. The molecule has 1 aromatic rings. The van der Waals surface area contributed by atoms with Crippen molar-refractivity contribution < 1.29 is 9.50 Å². The van der Waals surface area contributed by atoms with E-state index in [2.05, 4.69) is 15.9 Å². The van der Waals surface area contributed by atoms with Crippen LogP contribution in [0, 0.1) is 11.7 Å². The van der Waals surface area contributed by atoms with Crippen LogP contribution < -0.4 is 0 Å². The van der Waals surface area contributed by atoms with E-state index in [1.165, 1.54) is 37.8 Å². The third-order valence-electron chi connectivity index (χ3n) is 3.54. The van der Waals surface area contributed by atoms with Gasteiger partial charge in [-0.1, -0.05) is 41.6 Å². The minimum absolute atomic E-state index is 0.240. The highest BCUT2D eigenvalue weighted by molar-refractivity contribution is 9.10. The number of hydrogen-bond acceptors (Lipinski definition) is 1. The Labute approximate surface area is 110 Å². The van der Waals surface area contributed by atoms with E-state index in [9.17, 15) is 9.50 Å². The minimum atomic E-state index is -0.351. The van der Waals surface area contributed by atoms with Crippen molar-refractivity contribution >= 4 is 15.9 Å². The van der Waals surface area contributed by atoms with E-state index in [0.717, 1.165) is 16.5 Å². The van der Waals surface area contributed by atoms with Crippen LogP contribution in [0.1, 0.15) is 37.7 Å². The molecule has 0 saturated heterocycles. The Bertz CT molecular complexity index is 374. The molecule has 0 bridgehead atoms. The maximum absolute atomic E-state index is 13.1. The molecule has 1 aromatic carbocycles. The molecule has 0 radical (unpaired) electrons. The van der Waals surface area contributed by atoms with Crippen LogP contribution in [-0.4, -0.2) is 11.2 Å². The molecule has 1 aliphatic carbocycles. The summed E-state index contributed by atoms with van der Waals surface area (Å²) in [4.78, 5) is 0. The largest absolute Gasteiger partial charge is 0.393 e. The van der Waals surface area contributed by atoms with Crippen molar-refractivity contribution in [2.75, 3.05) is 0 Å². The quantitative estimate of drug-likeness (QED) is 0.888. The van der Waals surface area contributed by atoms with Gasteiger partial charge in [0.1, 0.15) is 5.82 Å². The van der Waals surface area contributed by atoms with Gasteiger partial charge < -0.3 is 5.11 Å². The molecule has 1 unspecified atom stereocenters. The Balaban J connectivity index is 1.92. The van der Waals surface area contributed by atoms with Gasteiger partial charge in [-0.25, -0.2) is 4.39 Å². The molecular weight excluding hydrogens is 283 g/mol. The monoisotopic (exact) mass is 300 g/mol. The van der Waals surface area contributed by atoms with Gasteiger partial charge in [0, 0.05) is 4.47 Å². The molecule has 1 atom stereocenters. The van der Waals surface area contributed by atoms with E-state index in [1.807, 2.05) is 0 Å². The van der Waals surface area contributed by atoms with Gasteiger partial charge in [-0.3, -0.25) is 0 Å². The van der Waals surface area contributed by atoms with Crippen molar-refractivity contribution in [2.24, 2.45) is 5.92 Å². The Morgan fingerprint density at radius 2 is 2.06 bits per heavy atom. The second-order valence-corrected chi connectivity index (χ2v) is 5.83. The molecule has 1 aliphatic rings. The maximum Gasteiger partial charge on any atom is 0.123 e. The molecule has 94 valence electrons. The molecule has 0 aliphatic heterocycles. The van der Waals surface area contributed by atoms with Crippen molar-refractivity contribution in [3.8, 4) is 0 Å². The number of rotatable bonds is 4. The van der Waals surface area contributed by atoms with Gasteiger partial charge in [0.15, 0.2) is 0 Å². The molecule has 0 aromatic heterocycles. The van der Waals surface area contributed by atoms with Gasteiger partial charge in [0.05, 0.1) is 6.10 Å². The summed E-state index contributed by atoms with van der Waals surface area (Å²) in [5.41, 5.74) is 0.857. The molecule has 1 nitrogen and oxygen atoms in total. The third-order valence-corrected chi connectivity index (χ3v) is 4.32. The highest BCUT2D eigenvalue weighted by Crippen LogP contribution is 2.30. The van der Waals surface area contributed by atoms with Crippen molar-refractivity contribution in [3.05, 3.63) is 34.1 Å². The zero-order chi connectivity index (χ0) is 12.3. The Hall–Kier alpha value is -0.410.